The molecule has 0 saturated heterocycles. The molecule has 0 radical (unpaired) electrons. The summed E-state index contributed by atoms with van der Waals surface area (Å²) in [5, 5.41) is 3.22. The van der Waals surface area contributed by atoms with E-state index in [0.717, 1.165) is 5.56 Å². The van der Waals surface area contributed by atoms with Crippen molar-refractivity contribution in [2.24, 2.45) is 0 Å². The van der Waals surface area contributed by atoms with E-state index < -0.39 is 18.4 Å². The van der Waals surface area contributed by atoms with Crippen LogP contribution < -0.4 is 5.32 Å². The Balaban J connectivity index is 0.00000324. The predicted molar refractivity (Wildman–Crippen MR) is 128 cm³/mol. The Bertz CT molecular complexity index is 1210. The number of aromatic nitrogens is 4. The van der Waals surface area contributed by atoms with E-state index in [9.17, 15) is 17.6 Å². The Morgan fingerprint density at radius 2 is 1.68 bits per heavy atom. The molecule has 0 bridgehead atoms. The second-order valence-electron chi connectivity index (χ2n) is 7.55. The fourth-order valence-corrected chi connectivity index (χ4v) is 3.47. The molecule has 0 aliphatic rings. The van der Waals surface area contributed by atoms with Crippen molar-refractivity contribution in [1.82, 2.24) is 19.5 Å². The molecule has 1 atom stereocenters. The maximum absolute atomic E-state index is 13.4. The van der Waals surface area contributed by atoms with E-state index in [1.165, 1.54) is 41.4 Å². The molecule has 0 spiro atoms. The topological polar surface area (TPSA) is 55.6 Å². The van der Waals surface area contributed by atoms with Crippen molar-refractivity contribution in [2.75, 3.05) is 5.32 Å². The number of rotatable bonds is 7. The summed E-state index contributed by atoms with van der Waals surface area (Å²) in [6, 6.07) is 16.9. The molecule has 0 saturated carbocycles. The summed E-state index contributed by atoms with van der Waals surface area (Å²) in [6.07, 6.45) is -2.44. The lowest BCUT2D eigenvalue weighted by molar-refractivity contribution is -0.136. The molecule has 2 aromatic carbocycles. The molecule has 0 aliphatic carbocycles. The maximum Gasteiger partial charge on any atom is 0.390 e. The SMILES string of the molecule is C[C@H](Nc1nccc(-c2c(-c3ccc(F)cc3)ncn2CCC(F)(F)F)n1)c1ccccc1.S. The van der Waals surface area contributed by atoms with Gasteiger partial charge in [0.05, 0.1) is 35.9 Å². The quantitative estimate of drug-likeness (QED) is 0.306. The van der Waals surface area contributed by atoms with Crippen molar-refractivity contribution >= 4 is 19.4 Å². The van der Waals surface area contributed by atoms with Crippen molar-refractivity contribution in [3.63, 3.8) is 0 Å². The Kier molecular flexibility index (Phi) is 7.93. The zero-order chi connectivity index (χ0) is 23.4. The molecule has 0 unspecified atom stereocenters. The molecule has 0 amide bonds. The molecule has 1 N–H and O–H groups in total. The van der Waals surface area contributed by atoms with Gasteiger partial charge in [0.2, 0.25) is 5.95 Å². The molecule has 4 aromatic rings. The number of benzene rings is 2. The zero-order valence-corrected chi connectivity index (χ0v) is 19.2. The Morgan fingerprint density at radius 3 is 2.35 bits per heavy atom. The number of halogens is 4. The van der Waals surface area contributed by atoms with E-state index >= 15 is 0 Å². The summed E-state index contributed by atoms with van der Waals surface area (Å²) in [6.45, 7) is 1.64. The van der Waals surface area contributed by atoms with Gasteiger partial charge in [0, 0.05) is 18.3 Å². The van der Waals surface area contributed by atoms with Gasteiger partial charge < -0.3 is 9.88 Å². The first-order valence-corrected chi connectivity index (χ1v) is 10.3. The highest BCUT2D eigenvalue weighted by Crippen LogP contribution is 2.32. The van der Waals surface area contributed by atoms with Gasteiger partial charge in [-0.15, -0.1) is 0 Å². The summed E-state index contributed by atoms with van der Waals surface area (Å²) in [5.74, 6) is -0.0855. The largest absolute Gasteiger partial charge is 0.390 e. The van der Waals surface area contributed by atoms with Crippen LogP contribution in [0.25, 0.3) is 22.6 Å². The first kappa shape index (κ1) is 25.2. The maximum atomic E-state index is 13.4. The molecule has 2 heterocycles. The van der Waals surface area contributed by atoms with Crippen LogP contribution in [0.4, 0.5) is 23.5 Å². The lowest BCUT2D eigenvalue weighted by Gasteiger charge is -2.15. The van der Waals surface area contributed by atoms with Gasteiger partial charge in [0.1, 0.15) is 5.82 Å². The average molecular weight is 490 g/mol. The molecule has 0 aliphatic heterocycles. The number of hydrogen-bond donors (Lipinski definition) is 1. The van der Waals surface area contributed by atoms with E-state index in [1.54, 1.807) is 6.07 Å². The minimum atomic E-state index is -4.32. The van der Waals surface area contributed by atoms with Crippen LogP contribution in [-0.2, 0) is 6.54 Å². The number of aryl methyl sites for hydroxylation is 1. The summed E-state index contributed by atoms with van der Waals surface area (Å²) >= 11 is 0. The highest BCUT2D eigenvalue weighted by molar-refractivity contribution is 7.59. The number of imidazole rings is 1. The Hall–Kier alpha value is -3.40. The van der Waals surface area contributed by atoms with Crippen LogP contribution in [-0.4, -0.2) is 25.7 Å². The smallest absolute Gasteiger partial charge is 0.348 e. The third-order valence-electron chi connectivity index (χ3n) is 5.13. The van der Waals surface area contributed by atoms with Gasteiger partial charge in [0.25, 0.3) is 0 Å². The van der Waals surface area contributed by atoms with Crippen molar-refractivity contribution < 1.29 is 17.6 Å². The lowest BCUT2D eigenvalue weighted by atomic mass is 10.1. The molecule has 0 fully saturated rings. The van der Waals surface area contributed by atoms with E-state index in [0.29, 0.717) is 28.6 Å². The van der Waals surface area contributed by atoms with Crippen molar-refractivity contribution in [3.8, 4) is 22.6 Å². The third-order valence-corrected chi connectivity index (χ3v) is 5.13. The molecule has 2 aromatic heterocycles. The number of hydrogen-bond acceptors (Lipinski definition) is 4. The predicted octanol–water partition coefficient (Wildman–Crippen LogP) is 6.38. The second-order valence-corrected chi connectivity index (χ2v) is 7.55. The fraction of sp³-hybridized carbons (Fsp3) is 0.208. The first-order chi connectivity index (χ1) is 15.8. The first-order valence-electron chi connectivity index (χ1n) is 10.3. The van der Waals surface area contributed by atoms with Crippen LogP contribution in [0.1, 0.15) is 24.9 Å². The van der Waals surface area contributed by atoms with Crippen LogP contribution in [0.2, 0.25) is 0 Å². The summed E-state index contributed by atoms with van der Waals surface area (Å²) < 4.78 is 53.6. The highest BCUT2D eigenvalue weighted by atomic mass is 32.1. The van der Waals surface area contributed by atoms with E-state index in [1.807, 2.05) is 37.3 Å². The van der Waals surface area contributed by atoms with Gasteiger partial charge in [-0.25, -0.2) is 19.3 Å². The van der Waals surface area contributed by atoms with E-state index in [2.05, 4.69) is 20.3 Å². The van der Waals surface area contributed by atoms with E-state index in [4.69, 9.17) is 0 Å². The number of nitrogens with one attached hydrogen (secondary N) is 1. The summed E-state index contributed by atoms with van der Waals surface area (Å²) in [4.78, 5) is 13.1. The van der Waals surface area contributed by atoms with Crippen LogP contribution in [0, 0.1) is 5.82 Å². The van der Waals surface area contributed by atoms with Gasteiger partial charge in [-0.3, -0.25) is 0 Å². The third kappa shape index (κ3) is 6.13. The molecule has 4 rings (SSSR count). The standard InChI is InChI=1S/C24H21F4N5.H2S/c1-16(17-5-3-2-4-6-17)31-23-29-13-11-20(32-23)22-21(18-7-9-19(25)10-8-18)30-15-33(22)14-12-24(26,27)28;/h2-11,13,15-16H,12,14H2,1H3,(H,29,31,32);1H2/t16-;/m0./s1. The molecular formula is C24H23F4N5S. The second kappa shape index (κ2) is 10.7. The van der Waals surface area contributed by atoms with Gasteiger partial charge >= 0.3 is 6.18 Å². The van der Waals surface area contributed by atoms with Gasteiger partial charge in [-0.2, -0.15) is 26.7 Å². The minimum absolute atomic E-state index is 0. The van der Waals surface area contributed by atoms with Gasteiger partial charge in [-0.1, -0.05) is 30.3 Å². The van der Waals surface area contributed by atoms with Gasteiger partial charge in [0.15, 0.2) is 0 Å². The number of alkyl halides is 3. The lowest BCUT2D eigenvalue weighted by Crippen LogP contribution is -2.13. The fourth-order valence-electron chi connectivity index (χ4n) is 3.47. The molecule has 34 heavy (non-hydrogen) atoms. The number of anilines is 1. The monoisotopic (exact) mass is 489 g/mol. The van der Waals surface area contributed by atoms with Crippen LogP contribution in [0.3, 0.4) is 0 Å². The van der Waals surface area contributed by atoms with Crippen LogP contribution in [0.15, 0.2) is 73.2 Å². The zero-order valence-electron chi connectivity index (χ0n) is 18.2. The van der Waals surface area contributed by atoms with E-state index in [-0.39, 0.29) is 26.1 Å². The molecule has 5 nitrogen and oxygen atoms in total. The number of nitrogens with zero attached hydrogens (tertiary/aromatic N) is 4. The molecular weight excluding hydrogens is 466 g/mol. The molecule has 178 valence electrons. The van der Waals surface area contributed by atoms with Crippen LogP contribution >= 0.6 is 13.5 Å². The van der Waals surface area contributed by atoms with Crippen LogP contribution in [0.5, 0.6) is 0 Å². The van der Waals surface area contributed by atoms with Gasteiger partial charge in [-0.05, 0) is 42.8 Å². The normalized spacial score (nSPS) is 12.1. The summed E-state index contributed by atoms with van der Waals surface area (Å²) in [5.41, 5.74) is 2.84. The summed E-state index contributed by atoms with van der Waals surface area (Å²) in [7, 11) is 0. The van der Waals surface area contributed by atoms with Crippen molar-refractivity contribution in [2.45, 2.75) is 32.1 Å². The van der Waals surface area contributed by atoms with Crippen molar-refractivity contribution in [3.05, 3.63) is 84.6 Å². The van der Waals surface area contributed by atoms with Crippen molar-refractivity contribution in [1.29, 1.82) is 0 Å². The highest BCUT2D eigenvalue weighted by Gasteiger charge is 2.28. The Morgan fingerprint density at radius 1 is 0.971 bits per heavy atom. The molecule has 10 heteroatoms. The average Bonchev–Trinajstić information content (AvgIpc) is 3.22. The minimum Gasteiger partial charge on any atom is -0.348 e. The Labute approximate surface area is 201 Å².